The van der Waals surface area contributed by atoms with Crippen LogP contribution in [0.15, 0.2) is 24.3 Å². The topological polar surface area (TPSA) is 74.7 Å². The summed E-state index contributed by atoms with van der Waals surface area (Å²) < 4.78 is 5.42. The van der Waals surface area contributed by atoms with Crippen LogP contribution in [0.1, 0.15) is 28.1 Å². The lowest BCUT2D eigenvalue weighted by Gasteiger charge is -2.26. The first-order chi connectivity index (χ1) is 13.2. The fourth-order valence-corrected chi connectivity index (χ4v) is 4.73. The summed E-state index contributed by atoms with van der Waals surface area (Å²) in [6.45, 7) is 3.86. The molecular weight excluding hydrogens is 362 g/mol. The molecule has 1 aromatic carbocycles. The van der Waals surface area contributed by atoms with Crippen LogP contribution in [-0.2, 0) is 35.5 Å². The van der Waals surface area contributed by atoms with Gasteiger partial charge in [-0.3, -0.25) is 4.79 Å². The number of thiazole rings is 1. The molecule has 27 heavy (non-hydrogen) atoms. The summed E-state index contributed by atoms with van der Waals surface area (Å²) in [5.41, 5.74) is 3.02. The van der Waals surface area contributed by atoms with Crippen molar-refractivity contribution < 1.29 is 14.6 Å². The average Bonchev–Trinajstić information content (AvgIpc) is 3.16. The third-order valence-electron chi connectivity index (χ3n) is 5.25. The summed E-state index contributed by atoms with van der Waals surface area (Å²) >= 11 is 1.78. The number of ether oxygens (including phenoxy) is 1. The zero-order valence-electron chi connectivity index (χ0n) is 15.3. The molecule has 1 unspecified atom stereocenters. The Morgan fingerprint density at radius 1 is 1.26 bits per heavy atom. The number of amides is 1. The largest absolute Gasteiger partial charge is 0.392 e. The van der Waals surface area contributed by atoms with Crippen LogP contribution in [0.4, 0.5) is 5.13 Å². The van der Waals surface area contributed by atoms with Crippen molar-refractivity contribution in [3.8, 4) is 0 Å². The van der Waals surface area contributed by atoms with Gasteiger partial charge in [0.2, 0.25) is 5.91 Å². The number of aliphatic hydroxyl groups is 1. The molecule has 4 rings (SSSR count). The molecule has 0 spiro atoms. The van der Waals surface area contributed by atoms with Crippen LogP contribution in [0.3, 0.4) is 0 Å². The van der Waals surface area contributed by atoms with Crippen molar-refractivity contribution >= 4 is 22.4 Å². The minimum atomic E-state index is -0.00569. The van der Waals surface area contributed by atoms with Gasteiger partial charge < -0.3 is 20.1 Å². The molecule has 1 aliphatic carbocycles. The first-order valence-electron chi connectivity index (χ1n) is 9.50. The monoisotopic (exact) mass is 387 g/mol. The van der Waals surface area contributed by atoms with E-state index in [1.165, 1.54) is 4.88 Å². The van der Waals surface area contributed by atoms with Crippen LogP contribution in [-0.4, -0.2) is 42.3 Å². The van der Waals surface area contributed by atoms with Gasteiger partial charge in [-0.05, 0) is 24.0 Å². The van der Waals surface area contributed by atoms with Crippen LogP contribution in [0.5, 0.6) is 0 Å². The Bertz CT molecular complexity index is 784. The van der Waals surface area contributed by atoms with Crippen molar-refractivity contribution in [3.63, 3.8) is 0 Å². The average molecular weight is 388 g/mol. The number of carbonyl (C=O) groups is 1. The van der Waals surface area contributed by atoms with E-state index in [0.717, 1.165) is 67.5 Å². The maximum absolute atomic E-state index is 12.6. The van der Waals surface area contributed by atoms with Crippen molar-refractivity contribution in [3.05, 3.63) is 46.0 Å². The van der Waals surface area contributed by atoms with Gasteiger partial charge in [0.1, 0.15) is 0 Å². The van der Waals surface area contributed by atoms with Crippen LogP contribution in [0, 0.1) is 5.92 Å². The van der Waals surface area contributed by atoms with Gasteiger partial charge in [0, 0.05) is 36.9 Å². The number of benzene rings is 1. The number of aryl methyl sites for hydroxylation is 1. The minimum Gasteiger partial charge on any atom is -0.392 e. The molecule has 2 aromatic rings. The van der Waals surface area contributed by atoms with Crippen molar-refractivity contribution in [2.45, 2.75) is 32.4 Å². The van der Waals surface area contributed by atoms with Gasteiger partial charge in [-0.2, -0.15) is 0 Å². The van der Waals surface area contributed by atoms with E-state index in [1.807, 2.05) is 24.3 Å². The van der Waals surface area contributed by atoms with Crippen molar-refractivity contribution in [1.82, 2.24) is 10.3 Å². The molecule has 1 atom stereocenters. The lowest BCUT2D eigenvalue weighted by Crippen LogP contribution is -2.36. The molecule has 6 nitrogen and oxygen atoms in total. The maximum Gasteiger partial charge on any atom is 0.223 e. The van der Waals surface area contributed by atoms with Gasteiger partial charge in [-0.25, -0.2) is 4.98 Å². The maximum atomic E-state index is 12.6. The summed E-state index contributed by atoms with van der Waals surface area (Å²) in [6.07, 6.45) is 2.54. The highest BCUT2D eigenvalue weighted by atomic mass is 32.1. The third-order valence-corrected chi connectivity index (χ3v) is 6.47. The smallest absolute Gasteiger partial charge is 0.223 e. The normalized spacial score (nSPS) is 19.6. The van der Waals surface area contributed by atoms with E-state index >= 15 is 0 Å². The van der Waals surface area contributed by atoms with Crippen molar-refractivity contribution in [2.75, 3.05) is 31.2 Å². The minimum absolute atomic E-state index is 0.00569. The fraction of sp³-hybridized carbons (Fsp3) is 0.500. The highest BCUT2D eigenvalue weighted by Gasteiger charge is 2.28. The van der Waals surface area contributed by atoms with E-state index in [2.05, 4.69) is 10.2 Å². The fourth-order valence-electron chi connectivity index (χ4n) is 3.58. The molecule has 1 saturated heterocycles. The zero-order valence-corrected chi connectivity index (χ0v) is 16.1. The number of hydrogen-bond acceptors (Lipinski definition) is 6. The van der Waals surface area contributed by atoms with E-state index in [-0.39, 0.29) is 18.4 Å². The predicted octanol–water partition coefficient (Wildman–Crippen LogP) is 1.89. The molecule has 1 aromatic heterocycles. The molecular formula is C20H25N3O3S. The van der Waals surface area contributed by atoms with E-state index in [1.54, 1.807) is 11.3 Å². The van der Waals surface area contributed by atoms with E-state index < -0.39 is 0 Å². The summed E-state index contributed by atoms with van der Waals surface area (Å²) in [7, 11) is 0. The van der Waals surface area contributed by atoms with Crippen LogP contribution >= 0.6 is 11.3 Å². The van der Waals surface area contributed by atoms with E-state index in [9.17, 15) is 4.79 Å². The van der Waals surface area contributed by atoms with Crippen LogP contribution < -0.4 is 10.2 Å². The number of hydrogen-bond donors (Lipinski definition) is 2. The summed E-state index contributed by atoms with van der Waals surface area (Å²) in [4.78, 5) is 21.1. The van der Waals surface area contributed by atoms with E-state index in [0.29, 0.717) is 6.54 Å². The summed E-state index contributed by atoms with van der Waals surface area (Å²) in [5.74, 6) is 0.0988. The Morgan fingerprint density at radius 3 is 2.74 bits per heavy atom. The molecule has 1 fully saturated rings. The SMILES string of the molecule is O=C(NCc1ccc(CO)cc1)C1CCc2sc(N3CCOCC3)nc2C1. The van der Waals surface area contributed by atoms with Gasteiger partial charge in [0.05, 0.1) is 25.5 Å². The van der Waals surface area contributed by atoms with Crippen LogP contribution in [0.2, 0.25) is 0 Å². The molecule has 144 valence electrons. The molecule has 1 aliphatic heterocycles. The quantitative estimate of drug-likeness (QED) is 0.820. The van der Waals surface area contributed by atoms with Gasteiger partial charge in [0.15, 0.2) is 5.13 Å². The highest BCUT2D eigenvalue weighted by molar-refractivity contribution is 7.15. The Labute approximate surface area is 163 Å². The number of nitrogens with zero attached hydrogens (tertiary/aromatic N) is 2. The number of aromatic nitrogens is 1. The van der Waals surface area contributed by atoms with Gasteiger partial charge in [0.25, 0.3) is 0 Å². The molecule has 0 saturated carbocycles. The summed E-state index contributed by atoms with van der Waals surface area (Å²) in [5, 5.41) is 13.2. The molecule has 0 bridgehead atoms. The Morgan fingerprint density at radius 2 is 2.00 bits per heavy atom. The first kappa shape index (κ1) is 18.4. The Hall–Kier alpha value is -1.96. The lowest BCUT2D eigenvalue weighted by atomic mass is 9.90. The number of rotatable bonds is 5. The number of anilines is 1. The number of nitrogens with one attached hydrogen (secondary N) is 1. The molecule has 1 amide bonds. The van der Waals surface area contributed by atoms with E-state index in [4.69, 9.17) is 14.8 Å². The summed E-state index contributed by atoms with van der Waals surface area (Å²) in [6, 6.07) is 7.66. The molecule has 7 heteroatoms. The second-order valence-corrected chi connectivity index (χ2v) is 8.16. The van der Waals surface area contributed by atoms with Crippen LogP contribution in [0.25, 0.3) is 0 Å². The standard InChI is InChI=1S/C20H25N3O3S/c24-13-15-3-1-14(2-4-15)12-21-19(25)16-5-6-18-17(11-16)22-20(27-18)23-7-9-26-10-8-23/h1-4,16,24H,5-13H2,(H,21,25). The number of aliphatic hydroxyl groups excluding tert-OH is 1. The van der Waals surface area contributed by atoms with Crippen molar-refractivity contribution in [1.29, 1.82) is 0 Å². The van der Waals surface area contributed by atoms with Gasteiger partial charge >= 0.3 is 0 Å². The second-order valence-electron chi connectivity index (χ2n) is 7.10. The highest BCUT2D eigenvalue weighted by Crippen LogP contribution is 2.34. The Kier molecular flexibility index (Phi) is 5.71. The van der Waals surface area contributed by atoms with Crippen molar-refractivity contribution in [2.24, 2.45) is 5.92 Å². The number of carbonyl (C=O) groups excluding carboxylic acids is 1. The molecule has 2 heterocycles. The number of morpholine rings is 1. The Balaban J connectivity index is 1.34. The molecule has 0 radical (unpaired) electrons. The number of fused-ring (bicyclic) bond motifs is 1. The second kappa shape index (κ2) is 8.37. The van der Waals surface area contributed by atoms with Gasteiger partial charge in [-0.1, -0.05) is 24.3 Å². The molecule has 2 N–H and O–H groups in total. The lowest BCUT2D eigenvalue weighted by molar-refractivity contribution is -0.125. The third kappa shape index (κ3) is 4.31. The van der Waals surface area contributed by atoms with Gasteiger partial charge in [-0.15, -0.1) is 11.3 Å². The predicted molar refractivity (Wildman–Crippen MR) is 105 cm³/mol. The molecule has 2 aliphatic rings. The zero-order chi connectivity index (χ0) is 18.6. The first-order valence-corrected chi connectivity index (χ1v) is 10.3.